The summed E-state index contributed by atoms with van der Waals surface area (Å²) in [6.45, 7) is 6.10. The average molecular weight is 281 g/mol. The van der Waals surface area contributed by atoms with Crippen molar-refractivity contribution >= 4 is 0 Å². The molecule has 3 nitrogen and oxygen atoms in total. The van der Waals surface area contributed by atoms with Gasteiger partial charge in [-0.15, -0.1) is 0 Å². The minimum atomic E-state index is 0.0623. The lowest BCUT2D eigenvalue weighted by atomic mass is 9.95. The van der Waals surface area contributed by atoms with Crippen molar-refractivity contribution in [2.24, 2.45) is 0 Å². The van der Waals surface area contributed by atoms with E-state index in [4.69, 9.17) is 9.97 Å². The van der Waals surface area contributed by atoms with Gasteiger partial charge in [0.15, 0.2) is 0 Å². The Labute approximate surface area is 126 Å². The average Bonchev–Trinajstić information content (AvgIpc) is 3.30. The van der Waals surface area contributed by atoms with E-state index in [0.29, 0.717) is 0 Å². The Morgan fingerprint density at radius 2 is 1.90 bits per heavy atom. The predicted octanol–water partition coefficient (Wildman–Crippen LogP) is 3.36. The van der Waals surface area contributed by atoms with Gasteiger partial charge in [-0.05, 0) is 44.4 Å². The molecule has 1 aliphatic carbocycles. The van der Waals surface area contributed by atoms with Gasteiger partial charge in [-0.25, -0.2) is 9.97 Å². The van der Waals surface area contributed by atoms with E-state index in [1.807, 2.05) is 0 Å². The van der Waals surface area contributed by atoms with Gasteiger partial charge in [-0.1, -0.05) is 37.3 Å². The van der Waals surface area contributed by atoms with Crippen LogP contribution in [0.1, 0.15) is 49.0 Å². The Morgan fingerprint density at radius 1 is 1.14 bits per heavy atom. The molecule has 0 bridgehead atoms. The zero-order valence-corrected chi connectivity index (χ0v) is 12.9. The van der Waals surface area contributed by atoms with Gasteiger partial charge in [0.1, 0.15) is 5.82 Å². The van der Waals surface area contributed by atoms with Crippen molar-refractivity contribution in [1.82, 2.24) is 15.3 Å². The molecule has 1 fully saturated rings. The molecule has 0 saturated heterocycles. The van der Waals surface area contributed by atoms with Crippen LogP contribution in [0.4, 0.5) is 0 Å². The lowest BCUT2D eigenvalue weighted by molar-refractivity contribution is 0.648. The van der Waals surface area contributed by atoms with Crippen molar-refractivity contribution < 1.29 is 0 Å². The molecule has 2 aromatic rings. The summed E-state index contributed by atoms with van der Waals surface area (Å²) < 4.78 is 0. The smallest absolute Gasteiger partial charge is 0.139 e. The van der Waals surface area contributed by atoms with Crippen LogP contribution in [0.5, 0.6) is 0 Å². The molecular weight excluding hydrogens is 258 g/mol. The maximum atomic E-state index is 4.84. The molecular formula is C18H23N3. The van der Waals surface area contributed by atoms with E-state index in [1.54, 1.807) is 0 Å². The number of benzene rings is 1. The molecule has 1 N–H and O–H groups in total. The highest BCUT2D eigenvalue weighted by Gasteiger charge is 2.48. The van der Waals surface area contributed by atoms with Crippen molar-refractivity contribution in [2.75, 3.05) is 6.54 Å². The van der Waals surface area contributed by atoms with Crippen molar-refractivity contribution in [1.29, 1.82) is 0 Å². The summed E-state index contributed by atoms with van der Waals surface area (Å²) >= 11 is 0. The van der Waals surface area contributed by atoms with Gasteiger partial charge in [0.05, 0.1) is 11.1 Å². The molecule has 3 heteroatoms. The summed E-state index contributed by atoms with van der Waals surface area (Å²) in [5.74, 6) is 1.00. The third-order valence-electron chi connectivity index (χ3n) is 4.14. The topological polar surface area (TPSA) is 37.8 Å². The fraction of sp³-hybridized carbons (Fsp3) is 0.444. The second-order valence-corrected chi connectivity index (χ2v) is 5.95. The zero-order chi connectivity index (χ0) is 14.7. The molecule has 0 amide bonds. The van der Waals surface area contributed by atoms with Gasteiger partial charge in [-0.3, -0.25) is 0 Å². The minimum absolute atomic E-state index is 0.0623. The fourth-order valence-electron chi connectivity index (χ4n) is 2.86. The van der Waals surface area contributed by atoms with Crippen LogP contribution in [0.15, 0.2) is 36.4 Å². The number of hydrogen-bond acceptors (Lipinski definition) is 3. The molecule has 0 radical (unpaired) electrons. The van der Waals surface area contributed by atoms with Crippen LogP contribution >= 0.6 is 0 Å². The van der Waals surface area contributed by atoms with Gasteiger partial charge in [0.25, 0.3) is 0 Å². The molecule has 0 atom stereocenters. The third-order valence-corrected chi connectivity index (χ3v) is 4.14. The fourth-order valence-corrected chi connectivity index (χ4v) is 2.86. The number of aryl methyl sites for hydroxylation is 1. The Hall–Kier alpha value is -1.74. The predicted molar refractivity (Wildman–Crippen MR) is 85.2 cm³/mol. The first kappa shape index (κ1) is 14.2. The molecule has 3 rings (SSSR count). The number of rotatable bonds is 6. The lowest BCUT2D eigenvalue weighted by Gasteiger charge is -2.16. The van der Waals surface area contributed by atoms with Crippen LogP contribution in [0.3, 0.4) is 0 Å². The van der Waals surface area contributed by atoms with Gasteiger partial charge < -0.3 is 5.32 Å². The maximum absolute atomic E-state index is 4.84. The molecule has 0 unspecified atom stereocenters. The quantitative estimate of drug-likeness (QED) is 0.825. The van der Waals surface area contributed by atoms with E-state index < -0.39 is 0 Å². The molecule has 110 valence electrons. The largest absolute Gasteiger partial charge is 0.311 e. The monoisotopic (exact) mass is 281 g/mol. The maximum Gasteiger partial charge on any atom is 0.139 e. The normalized spacial score (nSPS) is 15.9. The first-order chi connectivity index (χ1) is 10.2. The molecule has 0 spiro atoms. The summed E-state index contributed by atoms with van der Waals surface area (Å²) in [6, 6.07) is 12.8. The van der Waals surface area contributed by atoms with E-state index in [2.05, 4.69) is 55.6 Å². The van der Waals surface area contributed by atoms with Crippen molar-refractivity contribution in [3.63, 3.8) is 0 Å². The van der Waals surface area contributed by atoms with Gasteiger partial charge in [0.2, 0.25) is 0 Å². The summed E-state index contributed by atoms with van der Waals surface area (Å²) in [5, 5.41) is 3.43. The minimum Gasteiger partial charge on any atom is -0.311 e. The van der Waals surface area contributed by atoms with E-state index in [9.17, 15) is 0 Å². The first-order valence-electron chi connectivity index (χ1n) is 7.86. The number of hydrogen-bond donors (Lipinski definition) is 1. The third kappa shape index (κ3) is 2.98. The van der Waals surface area contributed by atoms with E-state index in [0.717, 1.165) is 49.6 Å². The number of aromatic nitrogens is 2. The summed E-state index contributed by atoms with van der Waals surface area (Å²) in [5.41, 5.74) is 3.58. The standard InChI is InChI=1S/C18H23N3/c1-3-11-19-13-16-12-14(2)20-17(21-16)18(9-10-18)15-7-5-4-6-8-15/h4-8,12,19H,3,9-11,13H2,1-2H3. The molecule has 1 heterocycles. The SMILES string of the molecule is CCCNCc1cc(C)nc(C2(c3ccccc3)CC2)n1. The van der Waals surface area contributed by atoms with E-state index >= 15 is 0 Å². The summed E-state index contributed by atoms with van der Waals surface area (Å²) in [6.07, 6.45) is 3.45. The van der Waals surface area contributed by atoms with Crippen LogP contribution < -0.4 is 5.32 Å². The second-order valence-electron chi connectivity index (χ2n) is 5.95. The Balaban J connectivity index is 1.88. The Bertz CT molecular complexity index is 603. The number of nitrogens with zero attached hydrogens (tertiary/aromatic N) is 2. The second kappa shape index (κ2) is 5.94. The Morgan fingerprint density at radius 3 is 2.57 bits per heavy atom. The number of nitrogens with one attached hydrogen (secondary N) is 1. The van der Waals surface area contributed by atoms with Crippen LogP contribution in [0, 0.1) is 6.92 Å². The van der Waals surface area contributed by atoms with Crippen LogP contribution in [-0.4, -0.2) is 16.5 Å². The zero-order valence-electron chi connectivity index (χ0n) is 12.9. The highest BCUT2D eigenvalue weighted by Crippen LogP contribution is 2.52. The summed E-state index contributed by atoms with van der Waals surface area (Å²) in [7, 11) is 0. The molecule has 1 aliphatic rings. The van der Waals surface area contributed by atoms with Crippen LogP contribution in [0.2, 0.25) is 0 Å². The van der Waals surface area contributed by atoms with Crippen molar-refractivity contribution in [2.45, 2.75) is 45.1 Å². The van der Waals surface area contributed by atoms with Crippen LogP contribution in [-0.2, 0) is 12.0 Å². The molecule has 1 aromatic carbocycles. The Kier molecular flexibility index (Phi) is 4.02. The summed E-state index contributed by atoms with van der Waals surface area (Å²) in [4.78, 5) is 9.58. The van der Waals surface area contributed by atoms with Crippen molar-refractivity contribution in [3.05, 3.63) is 59.2 Å². The molecule has 1 aromatic heterocycles. The molecule has 21 heavy (non-hydrogen) atoms. The molecule has 1 saturated carbocycles. The van der Waals surface area contributed by atoms with Gasteiger partial charge in [-0.2, -0.15) is 0 Å². The highest BCUT2D eigenvalue weighted by molar-refractivity contribution is 5.39. The van der Waals surface area contributed by atoms with Crippen LogP contribution in [0.25, 0.3) is 0 Å². The van der Waals surface area contributed by atoms with E-state index in [1.165, 1.54) is 5.56 Å². The van der Waals surface area contributed by atoms with Gasteiger partial charge in [0, 0.05) is 12.2 Å². The van der Waals surface area contributed by atoms with Gasteiger partial charge >= 0.3 is 0 Å². The highest BCUT2D eigenvalue weighted by atomic mass is 15.0. The first-order valence-corrected chi connectivity index (χ1v) is 7.86. The van der Waals surface area contributed by atoms with Crippen molar-refractivity contribution in [3.8, 4) is 0 Å². The van der Waals surface area contributed by atoms with E-state index in [-0.39, 0.29) is 5.41 Å². The molecule has 0 aliphatic heterocycles. The lowest BCUT2D eigenvalue weighted by Crippen LogP contribution is -2.19.